The lowest BCUT2D eigenvalue weighted by Gasteiger charge is -2.21. The lowest BCUT2D eigenvalue weighted by Crippen LogP contribution is -2.31. The number of benzene rings is 1. The lowest BCUT2D eigenvalue weighted by atomic mass is 10.0. The zero-order valence-electron chi connectivity index (χ0n) is 12.5. The van der Waals surface area contributed by atoms with Crippen molar-refractivity contribution in [1.82, 2.24) is 10.3 Å². The monoisotopic (exact) mass is 316 g/mol. The number of allylic oxidation sites excluding steroid dienone is 1. The van der Waals surface area contributed by atoms with E-state index >= 15 is 0 Å². The largest absolute Gasteiger partial charge is 0.392 e. The van der Waals surface area contributed by atoms with Crippen LogP contribution in [0.3, 0.4) is 0 Å². The number of aromatic nitrogens is 1. The van der Waals surface area contributed by atoms with Crippen LogP contribution in [0.25, 0.3) is 0 Å². The highest BCUT2D eigenvalue weighted by atomic mass is 35.5. The van der Waals surface area contributed by atoms with E-state index in [9.17, 15) is 5.11 Å². The zero-order chi connectivity index (χ0) is 15.8. The minimum absolute atomic E-state index is 0.0988. The van der Waals surface area contributed by atoms with Crippen LogP contribution >= 0.6 is 11.6 Å². The standard InChI is InChI=1S/C18H21ClN2O/c1-2-3-9-16(22)13-21-18(17-10-4-5-11-20-17)14-7-6-8-15(19)12-14/h2,4-8,10-12,16,18,21-22H,1,3,9,13H2. The Balaban J connectivity index is 2.14. The van der Waals surface area contributed by atoms with Gasteiger partial charge in [-0.1, -0.05) is 35.9 Å². The molecule has 2 N–H and O–H groups in total. The molecule has 4 heteroatoms. The maximum atomic E-state index is 10.0. The van der Waals surface area contributed by atoms with Crippen molar-refractivity contribution in [3.63, 3.8) is 0 Å². The van der Waals surface area contributed by atoms with Crippen LogP contribution in [0.2, 0.25) is 5.02 Å². The molecule has 0 aliphatic rings. The second kappa shape index (κ2) is 8.69. The van der Waals surface area contributed by atoms with Gasteiger partial charge in [-0.25, -0.2) is 0 Å². The Bertz CT molecular complexity index is 589. The van der Waals surface area contributed by atoms with Gasteiger partial charge in [-0.05, 0) is 42.7 Å². The fourth-order valence-corrected chi connectivity index (χ4v) is 2.49. The molecular weight excluding hydrogens is 296 g/mol. The van der Waals surface area contributed by atoms with Gasteiger partial charge in [0, 0.05) is 17.8 Å². The van der Waals surface area contributed by atoms with Gasteiger partial charge in [-0.3, -0.25) is 4.98 Å². The van der Waals surface area contributed by atoms with Gasteiger partial charge in [0.1, 0.15) is 0 Å². The minimum Gasteiger partial charge on any atom is -0.392 e. The summed E-state index contributed by atoms with van der Waals surface area (Å²) in [6.07, 6.45) is 4.66. The van der Waals surface area contributed by atoms with Gasteiger partial charge in [0.15, 0.2) is 0 Å². The van der Waals surface area contributed by atoms with Crippen molar-refractivity contribution in [3.8, 4) is 0 Å². The molecule has 2 unspecified atom stereocenters. The van der Waals surface area contributed by atoms with E-state index in [1.54, 1.807) is 6.20 Å². The van der Waals surface area contributed by atoms with Gasteiger partial charge < -0.3 is 10.4 Å². The third kappa shape index (κ3) is 4.95. The second-order valence-electron chi connectivity index (χ2n) is 5.17. The fraction of sp³-hybridized carbons (Fsp3) is 0.278. The molecule has 1 aromatic heterocycles. The Morgan fingerprint density at radius 3 is 2.82 bits per heavy atom. The molecule has 0 aliphatic carbocycles. The Morgan fingerprint density at radius 2 is 2.14 bits per heavy atom. The van der Waals surface area contributed by atoms with Gasteiger partial charge in [-0.2, -0.15) is 0 Å². The molecule has 0 saturated heterocycles. The van der Waals surface area contributed by atoms with Crippen LogP contribution in [0.4, 0.5) is 0 Å². The molecule has 0 spiro atoms. The van der Waals surface area contributed by atoms with E-state index in [0.717, 1.165) is 17.7 Å². The highest BCUT2D eigenvalue weighted by Gasteiger charge is 2.16. The maximum absolute atomic E-state index is 10.0. The lowest BCUT2D eigenvalue weighted by molar-refractivity contribution is 0.160. The molecule has 0 aliphatic heterocycles. The smallest absolute Gasteiger partial charge is 0.0752 e. The van der Waals surface area contributed by atoms with Crippen LogP contribution in [0.5, 0.6) is 0 Å². The summed E-state index contributed by atoms with van der Waals surface area (Å²) >= 11 is 6.10. The molecule has 0 radical (unpaired) electrons. The molecule has 0 saturated carbocycles. The topological polar surface area (TPSA) is 45.1 Å². The molecule has 22 heavy (non-hydrogen) atoms. The van der Waals surface area contributed by atoms with E-state index in [1.807, 2.05) is 48.5 Å². The van der Waals surface area contributed by atoms with E-state index in [0.29, 0.717) is 18.0 Å². The number of nitrogens with one attached hydrogen (secondary N) is 1. The first kappa shape index (κ1) is 16.7. The Morgan fingerprint density at radius 1 is 1.27 bits per heavy atom. The SMILES string of the molecule is C=CCCC(O)CNC(c1cccc(Cl)c1)c1ccccn1. The predicted molar refractivity (Wildman–Crippen MR) is 91.0 cm³/mol. The van der Waals surface area contributed by atoms with E-state index in [1.165, 1.54) is 0 Å². The number of aliphatic hydroxyl groups excluding tert-OH is 1. The highest BCUT2D eigenvalue weighted by Crippen LogP contribution is 2.23. The maximum Gasteiger partial charge on any atom is 0.0752 e. The first-order valence-corrected chi connectivity index (χ1v) is 7.77. The van der Waals surface area contributed by atoms with Gasteiger partial charge in [0.2, 0.25) is 0 Å². The third-order valence-corrected chi connectivity index (χ3v) is 3.66. The molecule has 3 nitrogen and oxygen atoms in total. The first-order chi connectivity index (χ1) is 10.7. The van der Waals surface area contributed by atoms with Crippen LogP contribution in [-0.2, 0) is 0 Å². The van der Waals surface area contributed by atoms with Crippen molar-refractivity contribution >= 4 is 11.6 Å². The molecule has 1 heterocycles. The Kier molecular flexibility index (Phi) is 6.59. The number of halogens is 1. The number of hydrogen-bond donors (Lipinski definition) is 2. The van der Waals surface area contributed by atoms with Crippen molar-refractivity contribution in [1.29, 1.82) is 0 Å². The molecule has 1 aromatic carbocycles. The molecule has 2 aromatic rings. The highest BCUT2D eigenvalue weighted by molar-refractivity contribution is 6.30. The van der Waals surface area contributed by atoms with Crippen LogP contribution in [0, 0.1) is 0 Å². The van der Waals surface area contributed by atoms with E-state index in [4.69, 9.17) is 11.6 Å². The van der Waals surface area contributed by atoms with Crippen LogP contribution in [-0.4, -0.2) is 22.7 Å². The Labute approximate surface area is 136 Å². The number of aliphatic hydroxyl groups is 1. The van der Waals surface area contributed by atoms with Gasteiger partial charge in [-0.15, -0.1) is 6.58 Å². The van der Waals surface area contributed by atoms with Crippen molar-refractivity contribution in [2.75, 3.05) is 6.54 Å². The summed E-state index contributed by atoms with van der Waals surface area (Å²) in [6.45, 7) is 4.16. The summed E-state index contributed by atoms with van der Waals surface area (Å²) in [5, 5.41) is 14.1. The molecule has 116 valence electrons. The average molecular weight is 317 g/mol. The van der Waals surface area contributed by atoms with Crippen LogP contribution in [0.1, 0.15) is 30.1 Å². The van der Waals surface area contributed by atoms with Crippen molar-refractivity contribution in [2.45, 2.75) is 25.0 Å². The number of rotatable bonds is 8. The summed E-state index contributed by atoms with van der Waals surface area (Å²) in [5.41, 5.74) is 1.93. The van der Waals surface area contributed by atoms with E-state index in [-0.39, 0.29) is 6.04 Å². The fourth-order valence-electron chi connectivity index (χ4n) is 2.29. The molecule has 0 amide bonds. The quantitative estimate of drug-likeness (QED) is 0.729. The zero-order valence-corrected chi connectivity index (χ0v) is 13.2. The number of nitrogens with zero attached hydrogens (tertiary/aromatic N) is 1. The predicted octanol–water partition coefficient (Wildman–Crippen LogP) is 3.74. The van der Waals surface area contributed by atoms with Crippen LogP contribution < -0.4 is 5.32 Å². The van der Waals surface area contributed by atoms with Crippen molar-refractivity contribution in [2.24, 2.45) is 0 Å². The summed E-state index contributed by atoms with van der Waals surface area (Å²) in [4.78, 5) is 4.42. The first-order valence-electron chi connectivity index (χ1n) is 7.39. The summed E-state index contributed by atoms with van der Waals surface area (Å²) in [7, 11) is 0. The molecule has 0 bridgehead atoms. The summed E-state index contributed by atoms with van der Waals surface area (Å²) < 4.78 is 0. The normalized spacial score (nSPS) is 13.5. The van der Waals surface area contributed by atoms with Crippen molar-refractivity contribution < 1.29 is 5.11 Å². The molecular formula is C18H21ClN2O. The van der Waals surface area contributed by atoms with Crippen LogP contribution in [0.15, 0.2) is 61.3 Å². The summed E-state index contributed by atoms with van der Waals surface area (Å²) in [5.74, 6) is 0. The molecule has 0 fully saturated rings. The second-order valence-corrected chi connectivity index (χ2v) is 5.61. The number of hydrogen-bond acceptors (Lipinski definition) is 3. The van der Waals surface area contributed by atoms with E-state index < -0.39 is 6.10 Å². The third-order valence-electron chi connectivity index (χ3n) is 3.43. The average Bonchev–Trinajstić information content (AvgIpc) is 2.54. The van der Waals surface area contributed by atoms with Gasteiger partial charge >= 0.3 is 0 Å². The summed E-state index contributed by atoms with van der Waals surface area (Å²) in [6, 6.07) is 13.4. The van der Waals surface area contributed by atoms with E-state index in [2.05, 4.69) is 16.9 Å². The van der Waals surface area contributed by atoms with Crippen molar-refractivity contribution in [3.05, 3.63) is 77.6 Å². The number of pyridine rings is 1. The Hall–Kier alpha value is -1.68. The molecule has 2 rings (SSSR count). The van der Waals surface area contributed by atoms with Gasteiger partial charge in [0.05, 0.1) is 17.8 Å². The van der Waals surface area contributed by atoms with Gasteiger partial charge in [0.25, 0.3) is 0 Å². The molecule has 2 atom stereocenters. The minimum atomic E-state index is -0.414.